The van der Waals surface area contributed by atoms with Gasteiger partial charge in [-0.05, 0) is 56.0 Å². The smallest absolute Gasteiger partial charge is 0.0357 e. The quantitative estimate of drug-likeness (QED) is 0.844. The standard InChI is InChI=1S/C13H17Br2N/c1-8-6-12(15)10(7-11(8)14)13(16-2)9-4-3-5-9/h6-7,9,13,16H,3-5H2,1-2H3. The lowest BCUT2D eigenvalue weighted by molar-refractivity contribution is 0.239. The molecule has 16 heavy (non-hydrogen) atoms. The van der Waals surface area contributed by atoms with E-state index in [4.69, 9.17) is 0 Å². The number of hydrogen-bond acceptors (Lipinski definition) is 1. The Labute approximate surface area is 114 Å². The summed E-state index contributed by atoms with van der Waals surface area (Å²) in [6.45, 7) is 2.12. The summed E-state index contributed by atoms with van der Waals surface area (Å²) >= 11 is 7.30. The summed E-state index contributed by atoms with van der Waals surface area (Å²) in [5.41, 5.74) is 2.66. The molecule has 2 rings (SSSR count). The van der Waals surface area contributed by atoms with Gasteiger partial charge < -0.3 is 5.32 Å². The molecule has 1 nitrogen and oxygen atoms in total. The average molecular weight is 347 g/mol. The Morgan fingerprint density at radius 1 is 1.25 bits per heavy atom. The monoisotopic (exact) mass is 345 g/mol. The zero-order valence-corrected chi connectivity index (χ0v) is 12.9. The van der Waals surface area contributed by atoms with Gasteiger partial charge in [-0.1, -0.05) is 38.3 Å². The van der Waals surface area contributed by atoms with Crippen molar-refractivity contribution in [3.05, 3.63) is 32.2 Å². The molecule has 0 radical (unpaired) electrons. The second kappa shape index (κ2) is 5.19. The van der Waals surface area contributed by atoms with Gasteiger partial charge in [-0.3, -0.25) is 0 Å². The first-order valence-corrected chi connectivity index (χ1v) is 7.35. The molecule has 1 N–H and O–H groups in total. The van der Waals surface area contributed by atoms with Gasteiger partial charge in [0.2, 0.25) is 0 Å². The third-order valence-electron chi connectivity index (χ3n) is 3.55. The molecule has 3 heteroatoms. The summed E-state index contributed by atoms with van der Waals surface area (Å²) in [4.78, 5) is 0. The molecule has 0 aromatic heterocycles. The molecule has 0 spiro atoms. The molecule has 0 aliphatic heterocycles. The Morgan fingerprint density at radius 2 is 1.94 bits per heavy atom. The van der Waals surface area contributed by atoms with E-state index in [1.54, 1.807) is 0 Å². The maximum atomic E-state index is 3.68. The number of benzene rings is 1. The van der Waals surface area contributed by atoms with Gasteiger partial charge in [-0.2, -0.15) is 0 Å². The van der Waals surface area contributed by atoms with E-state index < -0.39 is 0 Å². The van der Waals surface area contributed by atoms with Crippen LogP contribution in [0.3, 0.4) is 0 Å². The topological polar surface area (TPSA) is 12.0 Å². The van der Waals surface area contributed by atoms with Crippen LogP contribution < -0.4 is 5.32 Å². The highest BCUT2D eigenvalue weighted by molar-refractivity contribution is 9.11. The summed E-state index contributed by atoms with van der Waals surface area (Å²) in [7, 11) is 2.06. The number of aryl methyl sites for hydroxylation is 1. The van der Waals surface area contributed by atoms with Gasteiger partial charge in [0, 0.05) is 15.0 Å². The fourth-order valence-electron chi connectivity index (χ4n) is 2.32. The molecule has 1 unspecified atom stereocenters. The number of hydrogen-bond donors (Lipinski definition) is 1. The summed E-state index contributed by atoms with van der Waals surface area (Å²) in [5.74, 6) is 0.802. The van der Waals surface area contributed by atoms with E-state index in [2.05, 4.69) is 63.3 Å². The summed E-state index contributed by atoms with van der Waals surface area (Å²) in [6.07, 6.45) is 4.08. The second-order valence-electron chi connectivity index (χ2n) is 4.58. The van der Waals surface area contributed by atoms with Crippen LogP contribution in [0.15, 0.2) is 21.1 Å². The van der Waals surface area contributed by atoms with Crippen molar-refractivity contribution in [3.63, 3.8) is 0 Å². The van der Waals surface area contributed by atoms with Crippen LogP contribution in [0.1, 0.15) is 36.4 Å². The van der Waals surface area contributed by atoms with Crippen molar-refractivity contribution in [2.75, 3.05) is 7.05 Å². The summed E-state index contributed by atoms with van der Waals surface area (Å²) in [6, 6.07) is 4.93. The summed E-state index contributed by atoms with van der Waals surface area (Å²) in [5, 5.41) is 3.46. The predicted molar refractivity (Wildman–Crippen MR) is 75.7 cm³/mol. The Hall–Kier alpha value is 0.140. The van der Waals surface area contributed by atoms with Crippen molar-refractivity contribution in [2.45, 2.75) is 32.2 Å². The highest BCUT2D eigenvalue weighted by Crippen LogP contribution is 2.41. The lowest BCUT2D eigenvalue weighted by Gasteiger charge is -2.34. The van der Waals surface area contributed by atoms with E-state index in [1.807, 2.05) is 0 Å². The molecule has 1 atom stereocenters. The molecule has 1 aromatic carbocycles. The maximum absolute atomic E-state index is 3.68. The zero-order valence-electron chi connectivity index (χ0n) is 9.69. The normalized spacial score (nSPS) is 18.2. The molecule has 1 aliphatic carbocycles. The molecule has 1 aromatic rings. The summed E-state index contributed by atoms with van der Waals surface area (Å²) < 4.78 is 2.42. The van der Waals surface area contributed by atoms with Crippen LogP contribution >= 0.6 is 31.9 Å². The molecule has 1 aliphatic rings. The van der Waals surface area contributed by atoms with Crippen molar-refractivity contribution in [1.82, 2.24) is 5.32 Å². The lowest BCUT2D eigenvalue weighted by atomic mass is 9.77. The SMILES string of the molecule is CNC(c1cc(Br)c(C)cc1Br)C1CCC1. The fraction of sp³-hybridized carbons (Fsp3) is 0.538. The largest absolute Gasteiger partial charge is 0.313 e. The third-order valence-corrected chi connectivity index (χ3v) is 5.09. The molecular weight excluding hydrogens is 330 g/mol. The minimum atomic E-state index is 0.486. The van der Waals surface area contributed by atoms with Gasteiger partial charge in [0.15, 0.2) is 0 Å². The van der Waals surface area contributed by atoms with Gasteiger partial charge in [-0.25, -0.2) is 0 Å². The first kappa shape index (κ1) is 12.6. The second-order valence-corrected chi connectivity index (χ2v) is 6.29. The van der Waals surface area contributed by atoms with Crippen LogP contribution in [-0.4, -0.2) is 7.05 Å². The van der Waals surface area contributed by atoms with Crippen LogP contribution in [0, 0.1) is 12.8 Å². The van der Waals surface area contributed by atoms with Gasteiger partial charge in [-0.15, -0.1) is 0 Å². The average Bonchev–Trinajstić information content (AvgIpc) is 2.17. The minimum Gasteiger partial charge on any atom is -0.313 e. The highest BCUT2D eigenvalue weighted by atomic mass is 79.9. The molecule has 0 heterocycles. The zero-order chi connectivity index (χ0) is 11.7. The number of rotatable bonds is 3. The van der Waals surface area contributed by atoms with E-state index in [9.17, 15) is 0 Å². The Kier molecular flexibility index (Phi) is 4.09. The van der Waals surface area contributed by atoms with Crippen LogP contribution in [0.2, 0.25) is 0 Å². The van der Waals surface area contributed by atoms with Crippen molar-refractivity contribution in [3.8, 4) is 0 Å². The molecule has 1 fully saturated rings. The molecule has 0 saturated heterocycles. The highest BCUT2D eigenvalue weighted by Gasteiger charge is 2.28. The first-order valence-electron chi connectivity index (χ1n) is 5.76. The number of nitrogens with one attached hydrogen (secondary N) is 1. The van der Waals surface area contributed by atoms with E-state index in [0.29, 0.717) is 6.04 Å². The fourth-order valence-corrected chi connectivity index (χ4v) is 3.38. The maximum Gasteiger partial charge on any atom is 0.0357 e. The van der Waals surface area contributed by atoms with Crippen molar-refractivity contribution in [2.24, 2.45) is 5.92 Å². The van der Waals surface area contributed by atoms with E-state index in [1.165, 1.54) is 39.3 Å². The third kappa shape index (κ3) is 2.36. The van der Waals surface area contributed by atoms with E-state index >= 15 is 0 Å². The molecule has 88 valence electrons. The lowest BCUT2D eigenvalue weighted by Crippen LogP contribution is -2.30. The molecule has 1 saturated carbocycles. The predicted octanol–water partition coefficient (Wildman–Crippen LogP) is 4.58. The van der Waals surface area contributed by atoms with Crippen molar-refractivity contribution in [1.29, 1.82) is 0 Å². The van der Waals surface area contributed by atoms with Crippen molar-refractivity contribution >= 4 is 31.9 Å². The van der Waals surface area contributed by atoms with Crippen LogP contribution in [0.25, 0.3) is 0 Å². The minimum absolute atomic E-state index is 0.486. The van der Waals surface area contributed by atoms with Gasteiger partial charge in [0.05, 0.1) is 0 Å². The van der Waals surface area contributed by atoms with E-state index in [-0.39, 0.29) is 0 Å². The Balaban J connectivity index is 2.33. The molecule has 0 amide bonds. The Bertz CT molecular complexity index is 386. The first-order chi connectivity index (χ1) is 7.63. The van der Waals surface area contributed by atoms with Gasteiger partial charge in [0.25, 0.3) is 0 Å². The van der Waals surface area contributed by atoms with Crippen LogP contribution in [0.4, 0.5) is 0 Å². The van der Waals surface area contributed by atoms with Gasteiger partial charge >= 0.3 is 0 Å². The van der Waals surface area contributed by atoms with Crippen LogP contribution in [-0.2, 0) is 0 Å². The molecular formula is C13H17Br2N. The Morgan fingerprint density at radius 3 is 2.44 bits per heavy atom. The molecule has 0 bridgehead atoms. The van der Waals surface area contributed by atoms with E-state index in [0.717, 1.165) is 5.92 Å². The van der Waals surface area contributed by atoms with Crippen LogP contribution in [0.5, 0.6) is 0 Å². The number of halogens is 2. The van der Waals surface area contributed by atoms with Gasteiger partial charge in [0.1, 0.15) is 0 Å². The van der Waals surface area contributed by atoms with Crippen molar-refractivity contribution < 1.29 is 0 Å².